The van der Waals surface area contributed by atoms with Crippen LogP contribution in [-0.4, -0.2) is 24.9 Å². The average Bonchev–Trinajstić information content (AvgIpc) is 3.06. The molecule has 3 N–H and O–H groups in total. The summed E-state index contributed by atoms with van der Waals surface area (Å²) in [5, 5.41) is 3.17. The van der Waals surface area contributed by atoms with Gasteiger partial charge >= 0.3 is 0 Å². The van der Waals surface area contributed by atoms with Crippen LogP contribution in [0.4, 0.5) is 5.69 Å². The highest BCUT2D eigenvalue weighted by Gasteiger charge is 2.18. The monoisotopic (exact) mass is 278 g/mol. The fourth-order valence-corrected chi connectivity index (χ4v) is 3.09. The van der Waals surface area contributed by atoms with E-state index in [9.17, 15) is 8.42 Å². The van der Waals surface area contributed by atoms with Crippen LogP contribution < -0.4 is 10.0 Å². The van der Waals surface area contributed by atoms with Crippen molar-refractivity contribution in [2.24, 2.45) is 0 Å². The molecule has 0 fully saturated rings. The molecule has 7 heteroatoms. The summed E-state index contributed by atoms with van der Waals surface area (Å²) in [4.78, 5) is 7.10. The number of fused-ring (bicyclic) bond motifs is 1. The number of imidazole rings is 1. The van der Waals surface area contributed by atoms with Crippen molar-refractivity contribution in [2.45, 2.75) is 17.9 Å². The SMILES string of the molecule is O=S(=O)(NCc1ncc[nH]1)c1ccc2c(c1)NCC2. The first kappa shape index (κ1) is 12.2. The van der Waals surface area contributed by atoms with E-state index in [0.717, 1.165) is 24.2 Å². The maximum absolute atomic E-state index is 12.1. The Labute approximate surface area is 111 Å². The number of nitrogens with zero attached hydrogens (tertiary/aromatic N) is 1. The van der Waals surface area contributed by atoms with Gasteiger partial charge in [0.05, 0.1) is 11.4 Å². The normalized spacial score (nSPS) is 14.1. The molecular formula is C12H14N4O2S. The molecule has 0 spiro atoms. The minimum absolute atomic E-state index is 0.153. The summed E-state index contributed by atoms with van der Waals surface area (Å²) in [6.45, 7) is 1.01. The molecule has 1 aliphatic rings. The number of hydrogen-bond acceptors (Lipinski definition) is 4. The Morgan fingerprint density at radius 3 is 3.05 bits per heavy atom. The van der Waals surface area contributed by atoms with Gasteiger partial charge in [0.15, 0.2) is 0 Å². The summed E-state index contributed by atoms with van der Waals surface area (Å²) < 4.78 is 26.8. The van der Waals surface area contributed by atoms with Crippen LogP contribution in [0.15, 0.2) is 35.5 Å². The predicted molar refractivity (Wildman–Crippen MR) is 71.2 cm³/mol. The Bertz CT molecular complexity index is 680. The van der Waals surface area contributed by atoms with Crippen LogP contribution in [-0.2, 0) is 23.0 Å². The van der Waals surface area contributed by atoms with Gasteiger partial charge < -0.3 is 10.3 Å². The van der Waals surface area contributed by atoms with E-state index < -0.39 is 10.0 Å². The third kappa shape index (κ3) is 2.47. The highest BCUT2D eigenvalue weighted by Crippen LogP contribution is 2.25. The Kier molecular flexibility index (Phi) is 3.00. The molecule has 0 atom stereocenters. The van der Waals surface area contributed by atoms with Crippen molar-refractivity contribution in [3.63, 3.8) is 0 Å². The first-order valence-corrected chi connectivity index (χ1v) is 7.48. The van der Waals surface area contributed by atoms with Gasteiger partial charge in [-0.1, -0.05) is 6.07 Å². The minimum Gasteiger partial charge on any atom is -0.384 e. The highest BCUT2D eigenvalue weighted by atomic mass is 32.2. The maximum atomic E-state index is 12.1. The summed E-state index contributed by atoms with van der Waals surface area (Å²) in [5.41, 5.74) is 2.06. The molecule has 0 aliphatic carbocycles. The van der Waals surface area contributed by atoms with Crippen molar-refractivity contribution in [2.75, 3.05) is 11.9 Å². The smallest absolute Gasteiger partial charge is 0.241 e. The van der Waals surface area contributed by atoms with Gasteiger partial charge in [-0.05, 0) is 24.1 Å². The number of aromatic amines is 1. The standard InChI is InChI=1S/C12H14N4O2S/c17-19(18,16-8-12-14-5-6-15-12)10-2-1-9-3-4-13-11(9)7-10/h1-2,5-7,13,16H,3-4,8H2,(H,14,15). The minimum atomic E-state index is -3.51. The fourth-order valence-electron chi connectivity index (χ4n) is 2.08. The molecule has 6 nitrogen and oxygen atoms in total. The zero-order valence-corrected chi connectivity index (χ0v) is 11.0. The highest BCUT2D eigenvalue weighted by molar-refractivity contribution is 7.89. The molecule has 1 aromatic carbocycles. The lowest BCUT2D eigenvalue weighted by Gasteiger charge is -2.07. The molecule has 0 unspecified atom stereocenters. The average molecular weight is 278 g/mol. The number of H-pyrrole nitrogens is 1. The molecule has 0 radical (unpaired) electrons. The molecule has 1 aliphatic heterocycles. The van der Waals surface area contributed by atoms with Crippen LogP contribution in [0.25, 0.3) is 0 Å². The molecule has 2 aromatic rings. The van der Waals surface area contributed by atoms with Gasteiger partial charge in [0.25, 0.3) is 0 Å². The predicted octanol–water partition coefficient (Wildman–Crippen LogP) is 0.856. The summed E-state index contributed by atoms with van der Waals surface area (Å²) in [5.74, 6) is 0.586. The second kappa shape index (κ2) is 4.67. The van der Waals surface area contributed by atoms with Crippen LogP contribution in [0.5, 0.6) is 0 Å². The van der Waals surface area contributed by atoms with Gasteiger partial charge in [0.1, 0.15) is 5.82 Å². The zero-order chi connectivity index (χ0) is 13.3. The quantitative estimate of drug-likeness (QED) is 0.774. The van der Waals surface area contributed by atoms with Gasteiger partial charge in [-0.3, -0.25) is 0 Å². The van der Waals surface area contributed by atoms with Crippen LogP contribution >= 0.6 is 0 Å². The summed E-state index contributed by atoms with van der Waals surface area (Å²) in [7, 11) is -3.51. The van der Waals surface area contributed by atoms with Crippen LogP contribution in [0.2, 0.25) is 0 Å². The van der Waals surface area contributed by atoms with E-state index in [4.69, 9.17) is 0 Å². The summed E-state index contributed by atoms with van der Waals surface area (Å²) >= 11 is 0. The molecule has 19 heavy (non-hydrogen) atoms. The van der Waals surface area contributed by atoms with E-state index in [1.807, 2.05) is 6.07 Å². The molecule has 3 rings (SSSR count). The van der Waals surface area contributed by atoms with Gasteiger partial charge in [0, 0.05) is 24.6 Å². The van der Waals surface area contributed by atoms with Gasteiger partial charge in [0.2, 0.25) is 10.0 Å². The van der Waals surface area contributed by atoms with Crippen LogP contribution in [0.3, 0.4) is 0 Å². The Balaban J connectivity index is 1.80. The first-order valence-electron chi connectivity index (χ1n) is 6.00. The largest absolute Gasteiger partial charge is 0.384 e. The maximum Gasteiger partial charge on any atom is 0.241 e. The van der Waals surface area contributed by atoms with Crippen molar-refractivity contribution in [3.8, 4) is 0 Å². The molecular weight excluding hydrogens is 264 g/mol. The molecule has 0 bridgehead atoms. The number of rotatable bonds is 4. The van der Waals surface area contributed by atoms with Crippen molar-refractivity contribution in [1.29, 1.82) is 0 Å². The van der Waals surface area contributed by atoms with E-state index >= 15 is 0 Å². The van der Waals surface area contributed by atoms with Crippen LogP contribution in [0.1, 0.15) is 11.4 Å². The third-order valence-electron chi connectivity index (χ3n) is 3.09. The number of benzene rings is 1. The lowest BCUT2D eigenvalue weighted by Crippen LogP contribution is -2.23. The van der Waals surface area contributed by atoms with E-state index in [-0.39, 0.29) is 11.4 Å². The Morgan fingerprint density at radius 1 is 1.37 bits per heavy atom. The summed E-state index contributed by atoms with van der Waals surface area (Å²) in [6.07, 6.45) is 4.18. The lowest BCUT2D eigenvalue weighted by molar-refractivity contribution is 0.579. The molecule has 0 saturated heterocycles. The number of nitrogens with one attached hydrogen (secondary N) is 3. The van der Waals surface area contributed by atoms with Crippen molar-refractivity contribution in [3.05, 3.63) is 42.0 Å². The Hall–Kier alpha value is -1.86. The van der Waals surface area contributed by atoms with Crippen molar-refractivity contribution in [1.82, 2.24) is 14.7 Å². The van der Waals surface area contributed by atoms with Crippen LogP contribution in [0, 0.1) is 0 Å². The third-order valence-corrected chi connectivity index (χ3v) is 4.48. The number of hydrogen-bond donors (Lipinski definition) is 3. The zero-order valence-electron chi connectivity index (χ0n) is 10.2. The molecule has 0 saturated carbocycles. The fraction of sp³-hybridized carbons (Fsp3) is 0.250. The topological polar surface area (TPSA) is 86.9 Å². The molecule has 1 aromatic heterocycles. The van der Waals surface area contributed by atoms with E-state index in [1.165, 1.54) is 0 Å². The lowest BCUT2D eigenvalue weighted by atomic mass is 10.2. The molecule has 100 valence electrons. The first-order chi connectivity index (χ1) is 9.15. The second-order valence-corrected chi connectivity index (χ2v) is 6.12. The second-order valence-electron chi connectivity index (χ2n) is 4.36. The van der Waals surface area contributed by atoms with E-state index in [0.29, 0.717) is 5.82 Å². The number of aromatic nitrogens is 2. The van der Waals surface area contributed by atoms with E-state index in [1.54, 1.807) is 24.5 Å². The van der Waals surface area contributed by atoms with Gasteiger partial charge in [-0.25, -0.2) is 18.1 Å². The van der Waals surface area contributed by atoms with Gasteiger partial charge in [-0.2, -0.15) is 0 Å². The van der Waals surface area contributed by atoms with Gasteiger partial charge in [-0.15, -0.1) is 0 Å². The van der Waals surface area contributed by atoms with Crippen molar-refractivity contribution >= 4 is 15.7 Å². The number of anilines is 1. The Morgan fingerprint density at radius 2 is 2.26 bits per heavy atom. The number of sulfonamides is 1. The van der Waals surface area contributed by atoms with E-state index in [2.05, 4.69) is 20.0 Å². The summed E-state index contributed by atoms with van der Waals surface area (Å²) in [6, 6.07) is 5.17. The molecule has 2 heterocycles. The van der Waals surface area contributed by atoms with Crippen molar-refractivity contribution < 1.29 is 8.42 Å². The molecule has 0 amide bonds.